The predicted molar refractivity (Wildman–Crippen MR) is 65.2 cm³/mol. The van der Waals surface area contributed by atoms with Crippen molar-refractivity contribution in [1.82, 2.24) is 25.1 Å². The van der Waals surface area contributed by atoms with Crippen molar-refractivity contribution in [2.24, 2.45) is 11.7 Å². The zero-order valence-electron chi connectivity index (χ0n) is 10.5. The Morgan fingerprint density at radius 1 is 1.47 bits per heavy atom. The summed E-state index contributed by atoms with van der Waals surface area (Å²) in [6.45, 7) is 6.94. The number of nitrogens with zero attached hydrogens (tertiary/aromatic N) is 5. The molecule has 0 radical (unpaired) electrons. The van der Waals surface area contributed by atoms with E-state index in [2.05, 4.69) is 27.3 Å². The first-order valence-corrected chi connectivity index (χ1v) is 6.51. The third-order valence-electron chi connectivity index (χ3n) is 3.40. The van der Waals surface area contributed by atoms with Crippen molar-refractivity contribution in [3.05, 3.63) is 5.82 Å². The van der Waals surface area contributed by atoms with Crippen LogP contribution >= 0.6 is 0 Å². The van der Waals surface area contributed by atoms with Gasteiger partial charge in [-0.25, -0.2) is 4.68 Å². The summed E-state index contributed by atoms with van der Waals surface area (Å²) < 4.78 is 1.93. The SMILES string of the molecule is CCCCn1nnnc1CN1CCC(CN)C1. The minimum absolute atomic E-state index is 0.648. The molecule has 6 heteroatoms. The van der Waals surface area contributed by atoms with Crippen LogP contribution in [0, 0.1) is 5.92 Å². The highest BCUT2D eigenvalue weighted by Crippen LogP contribution is 2.16. The number of hydrogen-bond acceptors (Lipinski definition) is 5. The van der Waals surface area contributed by atoms with Crippen molar-refractivity contribution in [2.45, 2.75) is 39.3 Å². The van der Waals surface area contributed by atoms with Crippen molar-refractivity contribution >= 4 is 0 Å². The average molecular weight is 238 g/mol. The minimum atomic E-state index is 0.648. The molecular formula is C11H22N6. The molecule has 1 saturated heterocycles. The van der Waals surface area contributed by atoms with Gasteiger partial charge in [0.2, 0.25) is 0 Å². The quantitative estimate of drug-likeness (QED) is 0.769. The zero-order valence-corrected chi connectivity index (χ0v) is 10.5. The van der Waals surface area contributed by atoms with Crippen LogP contribution in [0.3, 0.4) is 0 Å². The number of hydrogen-bond donors (Lipinski definition) is 1. The van der Waals surface area contributed by atoms with Crippen LogP contribution in [-0.4, -0.2) is 44.7 Å². The van der Waals surface area contributed by atoms with E-state index in [4.69, 9.17) is 5.73 Å². The van der Waals surface area contributed by atoms with Crippen LogP contribution in [0.2, 0.25) is 0 Å². The highest BCUT2D eigenvalue weighted by atomic mass is 15.5. The van der Waals surface area contributed by atoms with E-state index in [9.17, 15) is 0 Å². The normalized spacial score (nSPS) is 21.2. The number of aromatic nitrogens is 4. The third kappa shape index (κ3) is 3.23. The molecule has 1 atom stereocenters. The topological polar surface area (TPSA) is 72.9 Å². The molecule has 0 saturated carbocycles. The molecule has 6 nitrogen and oxygen atoms in total. The highest BCUT2D eigenvalue weighted by molar-refractivity contribution is 4.85. The van der Waals surface area contributed by atoms with E-state index >= 15 is 0 Å². The Labute approximate surface area is 102 Å². The van der Waals surface area contributed by atoms with Gasteiger partial charge >= 0.3 is 0 Å². The second-order valence-electron chi connectivity index (χ2n) is 4.80. The van der Waals surface area contributed by atoms with E-state index < -0.39 is 0 Å². The Morgan fingerprint density at radius 2 is 2.35 bits per heavy atom. The smallest absolute Gasteiger partial charge is 0.165 e. The van der Waals surface area contributed by atoms with E-state index in [0.29, 0.717) is 5.92 Å². The van der Waals surface area contributed by atoms with E-state index in [1.807, 2.05) is 4.68 Å². The lowest BCUT2D eigenvalue weighted by molar-refractivity contribution is 0.301. The summed E-state index contributed by atoms with van der Waals surface area (Å²) in [6.07, 6.45) is 3.49. The number of unbranched alkanes of at least 4 members (excludes halogenated alkanes) is 1. The van der Waals surface area contributed by atoms with E-state index in [0.717, 1.165) is 51.4 Å². The molecule has 1 fully saturated rings. The standard InChI is InChI=1S/C11H22N6/c1-2-3-5-17-11(13-14-15-17)9-16-6-4-10(7-12)8-16/h10H,2-9,12H2,1H3. The molecule has 0 bridgehead atoms. The molecule has 2 N–H and O–H groups in total. The van der Waals surface area contributed by atoms with Gasteiger partial charge in [0.15, 0.2) is 5.82 Å². The molecule has 2 rings (SSSR count). The maximum atomic E-state index is 5.69. The fourth-order valence-corrected chi connectivity index (χ4v) is 2.27. The number of rotatable bonds is 6. The second kappa shape index (κ2) is 6.07. The zero-order chi connectivity index (χ0) is 12.1. The molecule has 1 unspecified atom stereocenters. The summed E-state index contributed by atoms with van der Waals surface area (Å²) in [4.78, 5) is 2.39. The molecular weight excluding hydrogens is 216 g/mol. The molecule has 96 valence electrons. The first kappa shape index (κ1) is 12.4. The molecule has 0 aromatic carbocycles. The largest absolute Gasteiger partial charge is 0.330 e. The molecule has 0 spiro atoms. The second-order valence-corrected chi connectivity index (χ2v) is 4.80. The molecule has 1 aromatic rings. The van der Waals surface area contributed by atoms with Gasteiger partial charge < -0.3 is 5.73 Å². The van der Waals surface area contributed by atoms with Gasteiger partial charge in [0.1, 0.15) is 0 Å². The van der Waals surface area contributed by atoms with Gasteiger partial charge in [-0.1, -0.05) is 13.3 Å². The van der Waals surface area contributed by atoms with Crippen molar-refractivity contribution < 1.29 is 0 Å². The van der Waals surface area contributed by atoms with Crippen LogP contribution in [0.15, 0.2) is 0 Å². The first-order chi connectivity index (χ1) is 8.33. The summed E-state index contributed by atoms with van der Waals surface area (Å²) >= 11 is 0. The lowest BCUT2D eigenvalue weighted by atomic mass is 10.1. The van der Waals surface area contributed by atoms with Gasteiger partial charge in [-0.3, -0.25) is 4.90 Å². The Bertz CT molecular complexity index is 336. The molecule has 2 heterocycles. The van der Waals surface area contributed by atoms with Crippen molar-refractivity contribution in [3.8, 4) is 0 Å². The summed E-state index contributed by atoms with van der Waals surface area (Å²) in [5.41, 5.74) is 5.69. The minimum Gasteiger partial charge on any atom is -0.330 e. The van der Waals surface area contributed by atoms with Crippen LogP contribution in [-0.2, 0) is 13.1 Å². The van der Waals surface area contributed by atoms with E-state index in [-0.39, 0.29) is 0 Å². The summed E-state index contributed by atoms with van der Waals surface area (Å²) in [6, 6.07) is 0. The molecule has 0 aliphatic carbocycles. The predicted octanol–water partition coefficient (Wildman–Crippen LogP) is 0.254. The maximum absolute atomic E-state index is 5.69. The maximum Gasteiger partial charge on any atom is 0.165 e. The van der Waals surface area contributed by atoms with Gasteiger partial charge in [0.05, 0.1) is 6.54 Å². The molecule has 1 aliphatic heterocycles. The molecule has 17 heavy (non-hydrogen) atoms. The van der Waals surface area contributed by atoms with Crippen LogP contribution < -0.4 is 5.73 Å². The molecule has 1 aliphatic rings. The van der Waals surface area contributed by atoms with Crippen molar-refractivity contribution in [3.63, 3.8) is 0 Å². The lowest BCUT2D eigenvalue weighted by Crippen LogP contribution is -2.24. The Hall–Kier alpha value is -1.01. The summed E-state index contributed by atoms with van der Waals surface area (Å²) in [5, 5.41) is 11.9. The number of likely N-dealkylation sites (tertiary alicyclic amines) is 1. The van der Waals surface area contributed by atoms with E-state index in [1.165, 1.54) is 6.42 Å². The average Bonchev–Trinajstić information content (AvgIpc) is 2.96. The van der Waals surface area contributed by atoms with Crippen LogP contribution in [0.4, 0.5) is 0 Å². The van der Waals surface area contributed by atoms with Crippen LogP contribution in [0.25, 0.3) is 0 Å². The third-order valence-corrected chi connectivity index (χ3v) is 3.40. The Balaban J connectivity index is 1.88. The van der Waals surface area contributed by atoms with Gasteiger partial charge in [0.25, 0.3) is 0 Å². The Kier molecular flexibility index (Phi) is 4.44. The van der Waals surface area contributed by atoms with E-state index in [1.54, 1.807) is 0 Å². The van der Waals surface area contributed by atoms with Gasteiger partial charge in [-0.15, -0.1) is 5.10 Å². The van der Waals surface area contributed by atoms with Gasteiger partial charge in [-0.05, 0) is 42.3 Å². The fraction of sp³-hybridized carbons (Fsp3) is 0.909. The molecule has 1 aromatic heterocycles. The monoisotopic (exact) mass is 238 g/mol. The van der Waals surface area contributed by atoms with Crippen molar-refractivity contribution in [2.75, 3.05) is 19.6 Å². The summed E-state index contributed by atoms with van der Waals surface area (Å²) in [5.74, 6) is 1.63. The van der Waals surface area contributed by atoms with Crippen molar-refractivity contribution in [1.29, 1.82) is 0 Å². The number of aryl methyl sites for hydroxylation is 1. The number of tetrazole rings is 1. The Morgan fingerprint density at radius 3 is 3.06 bits per heavy atom. The fourth-order valence-electron chi connectivity index (χ4n) is 2.27. The van der Waals surface area contributed by atoms with Crippen LogP contribution in [0.5, 0.6) is 0 Å². The van der Waals surface area contributed by atoms with Gasteiger partial charge in [0, 0.05) is 13.1 Å². The summed E-state index contributed by atoms with van der Waals surface area (Å²) in [7, 11) is 0. The van der Waals surface area contributed by atoms with Gasteiger partial charge in [-0.2, -0.15) is 0 Å². The molecule has 0 amide bonds. The number of nitrogens with two attached hydrogens (primary N) is 1. The lowest BCUT2D eigenvalue weighted by Gasteiger charge is -2.14. The highest BCUT2D eigenvalue weighted by Gasteiger charge is 2.22. The first-order valence-electron chi connectivity index (χ1n) is 6.51. The van der Waals surface area contributed by atoms with Crippen LogP contribution in [0.1, 0.15) is 32.0 Å².